The van der Waals surface area contributed by atoms with Crippen molar-refractivity contribution in [3.05, 3.63) is 47.8 Å². The first-order valence-corrected chi connectivity index (χ1v) is 6.36. The maximum atomic E-state index is 12.2. The maximum absolute atomic E-state index is 12.2. The van der Waals surface area contributed by atoms with Crippen molar-refractivity contribution in [2.45, 2.75) is 6.54 Å². The van der Waals surface area contributed by atoms with E-state index in [1.807, 2.05) is 0 Å². The number of nitrogens with zero attached hydrogens (tertiary/aromatic N) is 1. The van der Waals surface area contributed by atoms with Crippen molar-refractivity contribution in [3.63, 3.8) is 0 Å². The summed E-state index contributed by atoms with van der Waals surface area (Å²) in [5.74, 6) is 0.922. The van der Waals surface area contributed by atoms with Gasteiger partial charge in [0.1, 0.15) is 11.5 Å². The molecule has 0 aliphatic carbocycles. The Hall–Kier alpha value is -2.60. The quantitative estimate of drug-likeness (QED) is 0.875. The fraction of sp³-hybridized carbons (Fsp3) is 0.200. The standard InChI is InChI=1S/C15H17N3O3/c1-20-12-3-4-13(14(8-12)21-2)18-15(19)10-5-6-17-11(7-10)9-16/h3-8H,9,16H2,1-2H3,(H,18,19). The molecular formula is C15H17N3O3. The molecule has 0 aliphatic rings. The van der Waals surface area contributed by atoms with Crippen LogP contribution in [0, 0.1) is 0 Å². The second-order valence-electron chi connectivity index (χ2n) is 4.26. The summed E-state index contributed by atoms with van der Waals surface area (Å²) in [5, 5.41) is 2.79. The fourth-order valence-electron chi connectivity index (χ4n) is 1.83. The van der Waals surface area contributed by atoms with Crippen molar-refractivity contribution < 1.29 is 14.3 Å². The molecule has 21 heavy (non-hydrogen) atoms. The van der Waals surface area contributed by atoms with Gasteiger partial charge >= 0.3 is 0 Å². The van der Waals surface area contributed by atoms with Crippen LogP contribution < -0.4 is 20.5 Å². The van der Waals surface area contributed by atoms with Crippen molar-refractivity contribution in [3.8, 4) is 11.5 Å². The highest BCUT2D eigenvalue weighted by Crippen LogP contribution is 2.29. The molecule has 1 aromatic carbocycles. The van der Waals surface area contributed by atoms with Gasteiger partial charge in [0.05, 0.1) is 25.6 Å². The van der Waals surface area contributed by atoms with Crippen molar-refractivity contribution >= 4 is 11.6 Å². The lowest BCUT2D eigenvalue weighted by Crippen LogP contribution is -2.14. The molecule has 0 saturated heterocycles. The van der Waals surface area contributed by atoms with Gasteiger partial charge in [0.15, 0.2) is 0 Å². The zero-order chi connectivity index (χ0) is 15.2. The molecule has 6 nitrogen and oxygen atoms in total. The van der Waals surface area contributed by atoms with Crippen LogP contribution >= 0.6 is 0 Å². The summed E-state index contributed by atoms with van der Waals surface area (Å²) in [7, 11) is 3.10. The van der Waals surface area contributed by atoms with E-state index in [0.29, 0.717) is 28.4 Å². The summed E-state index contributed by atoms with van der Waals surface area (Å²) in [6.45, 7) is 0.285. The van der Waals surface area contributed by atoms with E-state index in [-0.39, 0.29) is 12.5 Å². The number of hydrogen-bond acceptors (Lipinski definition) is 5. The van der Waals surface area contributed by atoms with Gasteiger partial charge in [0.2, 0.25) is 0 Å². The summed E-state index contributed by atoms with van der Waals surface area (Å²) < 4.78 is 10.4. The summed E-state index contributed by atoms with van der Waals surface area (Å²) >= 11 is 0. The number of anilines is 1. The van der Waals surface area contributed by atoms with Crippen LogP contribution in [0.15, 0.2) is 36.5 Å². The highest BCUT2D eigenvalue weighted by atomic mass is 16.5. The Morgan fingerprint density at radius 1 is 1.24 bits per heavy atom. The minimum absolute atomic E-state index is 0.254. The van der Waals surface area contributed by atoms with Gasteiger partial charge < -0.3 is 20.5 Å². The van der Waals surface area contributed by atoms with Gasteiger partial charge in [-0.15, -0.1) is 0 Å². The molecule has 0 bridgehead atoms. The number of nitrogens with two attached hydrogens (primary N) is 1. The van der Waals surface area contributed by atoms with E-state index in [2.05, 4.69) is 10.3 Å². The Morgan fingerprint density at radius 2 is 2.05 bits per heavy atom. The predicted octanol–water partition coefficient (Wildman–Crippen LogP) is 1.81. The Bertz CT molecular complexity index is 644. The molecule has 1 heterocycles. The van der Waals surface area contributed by atoms with Crippen molar-refractivity contribution in [2.75, 3.05) is 19.5 Å². The smallest absolute Gasteiger partial charge is 0.255 e. The molecule has 1 amide bonds. The SMILES string of the molecule is COc1ccc(NC(=O)c2ccnc(CN)c2)c(OC)c1. The number of aromatic nitrogens is 1. The van der Waals surface area contributed by atoms with Gasteiger partial charge in [-0.25, -0.2) is 0 Å². The van der Waals surface area contributed by atoms with E-state index < -0.39 is 0 Å². The summed E-state index contributed by atoms with van der Waals surface area (Å²) in [6.07, 6.45) is 1.56. The molecule has 2 rings (SSSR count). The average Bonchev–Trinajstić information content (AvgIpc) is 2.55. The summed E-state index contributed by atoms with van der Waals surface area (Å²) in [6, 6.07) is 8.46. The number of methoxy groups -OCH3 is 2. The predicted molar refractivity (Wildman–Crippen MR) is 79.6 cm³/mol. The molecule has 110 valence electrons. The minimum Gasteiger partial charge on any atom is -0.497 e. The number of benzene rings is 1. The van der Waals surface area contributed by atoms with Gasteiger partial charge in [-0.05, 0) is 24.3 Å². The highest BCUT2D eigenvalue weighted by molar-refractivity contribution is 6.05. The molecular weight excluding hydrogens is 270 g/mol. The van der Waals surface area contributed by atoms with Crippen LogP contribution in [0.25, 0.3) is 0 Å². The highest BCUT2D eigenvalue weighted by Gasteiger charge is 2.11. The van der Waals surface area contributed by atoms with E-state index in [9.17, 15) is 4.79 Å². The second-order valence-corrected chi connectivity index (χ2v) is 4.26. The normalized spacial score (nSPS) is 10.0. The Labute approximate surface area is 122 Å². The van der Waals surface area contributed by atoms with Gasteiger partial charge in [0, 0.05) is 24.4 Å². The average molecular weight is 287 g/mol. The largest absolute Gasteiger partial charge is 0.497 e. The molecule has 1 aromatic heterocycles. The van der Waals surface area contributed by atoms with Crippen LogP contribution in [0.3, 0.4) is 0 Å². The number of pyridine rings is 1. The molecule has 0 fully saturated rings. The van der Waals surface area contributed by atoms with Crippen molar-refractivity contribution in [1.29, 1.82) is 0 Å². The zero-order valence-electron chi connectivity index (χ0n) is 11.9. The molecule has 0 spiro atoms. The monoisotopic (exact) mass is 287 g/mol. The molecule has 0 saturated carbocycles. The number of carbonyl (C=O) groups is 1. The number of amides is 1. The number of hydrogen-bond donors (Lipinski definition) is 2. The Morgan fingerprint density at radius 3 is 2.71 bits per heavy atom. The lowest BCUT2D eigenvalue weighted by Gasteiger charge is -2.11. The van der Waals surface area contributed by atoms with Gasteiger partial charge in [-0.3, -0.25) is 9.78 Å². The van der Waals surface area contributed by atoms with Gasteiger partial charge in [-0.2, -0.15) is 0 Å². The van der Waals surface area contributed by atoms with E-state index >= 15 is 0 Å². The Kier molecular flexibility index (Phi) is 4.73. The van der Waals surface area contributed by atoms with Crippen LogP contribution in [-0.2, 0) is 6.54 Å². The third-order valence-electron chi connectivity index (χ3n) is 2.94. The lowest BCUT2D eigenvalue weighted by molar-refractivity contribution is 0.102. The maximum Gasteiger partial charge on any atom is 0.255 e. The van der Waals surface area contributed by atoms with Crippen LogP contribution in [0.2, 0.25) is 0 Å². The number of nitrogens with one attached hydrogen (secondary N) is 1. The topological polar surface area (TPSA) is 86.5 Å². The summed E-state index contributed by atoms with van der Waals surface area (Å²) in [4.78, 5) is 16.3. The fourth-order valence-corrected chi connectivity index (χ4v) is 1.83. The molecule has 0 aliphatic heterocycles. The van der Waals surface area contributed by atoms with Crippen LogP contribution in [0.4, 0.5) is 5.69 Å². The zero-order valence-corrected chi connectivity index (χ0v) is 11.9. The van der Waals surface area contributed by atoms with Crippen LogP contribution in [0.1, 0.15) is 16.1 Å². The first-order valence-electron chi connectivity index (χ1n) is 6.36. The van der Waals surface area contributed by atoms with E-state index in [4.69, 9.17) is 15.2 Å². The van der Waals surface area contributed by atoms with Gasteiger partial charge in [-0.1, -0.05) is 0 Å². The number of carbonyl (C=O) groups excluding carboxylic acids is 1. The second kappa shape index (κ2) is 6.71. The van der Waals surface area contributed by atoms with E-state index in [0.717, 1.165) is 0 Å². The van der Waals surface area contributed by atoms with E-state index in [1.165, 1.54) is 7.11 Å². The minimum atomic E-state index is -0.254. The third kappa shape index (κ3) is 3.49. The molecule has 3 N–H and O–H groups in total. The molecule has 6 heteroatoms. The summed E-state index contributed by atoms with van der Waals surface area (Å²) in [5.41, 5.74) is 7.23. The van der Waals surface area contributed by atoms with Crippen molar-refractivity contribution in [1.82, 2.24) is 4.98 Å². The molecule has 0 radical (unpaired) electrons. The van der Waals surface area contributed by atoms with Gasteiger partial charge in [0.25, 0.3) is 5.91 Å². The van der Waals surface area contributed by atoms with Crippen molar-refractivity contribution in [2.24, 2.45) is 5.73 Å². The Balaban J connectivity index is 2.22. The lowest BCUT2D eigenvalue weighted by atomic mass is 10.2. The van der Waals surface area contributed by atoms with E-state index in [1.54, 1.807) is 43.6 Å². The van der Waals surface area contributed by atoms with Crippen LogP contribution in [0.5, 0.6) is 11.5 Å². The molecule has 0 unspecified atom stereocenters. The first-order chi connectivity index (χ1) is 10.2. The number of ether oxygens (including phenoxy) is 2. The molecule has 2 aromatic rings. The number of rotatable bonds is 5. The molecule has 0 atom stereocenters. The van der Waals surface area contributed by atoms with Crippen LogP contribution in [-0.4, -0.2) is 25.1 Å². The first kappa shape index (κ1) is 14.8. The third-order valence-corrected chi connectivity index (χ3v) is 2.94.